The van der Waals surface area contributed by atoms with Crippen LogP contribution in [0.15, 0.2) is 11.6 Å². The Morgan fingerprint density at radius 3 is 2.67 bits per heavy atom. The van der Waals surface area contributed by atoms with Crippen molar-refractivity contribution in [1.29, 1.82) is 0 Å². The molecule has 0 aliphatic heterocycles. The molecule has 0 saturated carbocycles. The minimum absolute atomic E-state index is 0.416. The summed E-state index contributed by atoms with van der Waals surface area (Å²) >= 11 is 0. The van der Waals surface area contributed by atoms with E-state index in [9.17, 15) is 4.79 Å². The molecule has 0 bridgehead atoms. The number of hydrogen-bond acceptors (Lipinski definition) is 2. The predicted octanol–water partition coefficient (Wildman–Crippen LogP) is 2.12. The molecule has 0 spiro atoms. The molecule has 3 nitrogen and oxygen atoms in total. The summed E-state index contributed by atoms with van der Waals surface area (Å²) in [5.74, 6) is -0.814. The van der Waals surface area contributed by atoms with Crippen LogP contribution in [-0.2, 0) is 9.22 Å². The van der Waals surface area contributed by atoms with Crippen LogP contribution in [0, 0.1) is 0 Å². The lowest BCUT2D eigenvalue weighted by Crippen LogP contribution is -2.06. The number of carbonyl (C=O) groups is 1. The number of rotatable bonds is 8. The van der Waals surface area contributed by atoms with Gasteiger partial charge in [-0.2, -0.15) is 0 Å². The van der Waals surface area contributed by atoms with Crippen LogP contribution in [0.2, 0.25) is 5.54 Å². The van der Waals surface area contributed by atoms with E-state index in [0.717, 1.165) is 12.8 Å². The summed E-state index contributed by atoms with van der Waals surface area (Å²) in [6.45, 7) is 3.82. The number of hydrogen-bond donors (Lipinski definition) is 1. The van der Waals surface area contributed by atoms with Crippen LogP contribution < -0.4 is 0 Å². The highest BCUT2D eigenvalue weighted by Gasteiger charge is 2.07. The molecule has 1 atom stereocenters. The van der Waals surface area contributed by atoms with Crippen molar-refractivity contribution in [2.75, 3.05) is 7.11 Å². The Kier molecular flexibility index (Phi) is 8.32. The summed E-state index contributed by atoms with van der Waals surface area (Å²) in [5.41, 5.74) is 1.14. The van der Waals surface area contributed by atoms with Gasteiger partial charge in [-0.15, -0.1) is 0 Å². The molecule has 0 aliphatic rings. The number of carboxylic acids is 1. The van der Waals surface area contributed by atoms with E-state index in [4.69, 9.17) is 9.53 Å². The molecule has 0 rings (SSSR count). The minimum atomic E-state index is -0.814. The van der Waals surface area contributed by atoms with Gasteiger partial charge < -0.3 is 9.53 Å². The standard InChI is InChI=1S/C11H22O3Si/c1-4-6-10(15-14-3)8-5-7-9(2)11(12)13/h7,10H,4-6,8,15H2,1-3H3,(H,12,13)/b9-7+. The third-order valence-corrected chi connectivity index (χ3v) is 4.08. The average molecular weight is 230 g/mol. The maximum atomic E-state index is 10.5. The number of allylic oxidation sites excluding steroid dienone is 1. The van der Waals surface area contributed by atoms with E-state index in [0.29, 0.717) is 11.1 Å². The van der Waals surface area contributed by atoms with E-state index in [1.54, 1.807) is 14.0 Å². The highest BCUT2D eigenvalue weighted by molar-refractivity contribution is 6.29. The van der Waals surface area contributed by atoms with Crippen molar-refractivity contribution in [2.45, 2.75) is 45.1 Å². The monoisotopic (exact) mass is 230 g/mol. The fourth-order valence-electron chi connectivity index (χ4n) is 1.58. The molecule has 0 aromatic rings. The molecule has 88 valence electrons. The Bertz CT molecular complexity index is 208. The molecule has 0 aromatic heterocycles. The van der Waals surface area contributed by atoms with Gasteiger partial charge in [-0.05, 0) is 25.3 Å². The van der Waals surface area contributed by atoms with E-state index in [1.807, 2.05) is 6.08 Å². The molecular formula is C11H22O3Si. The maximum absolute atomic E-state index is 10.5. The second-order valence-corrected chi connectivity index (χ2v) is 5.95. The summed E-state index contributed by atoms with van der Waals surface area (Å²) < 4.78 is 5.26. The number of aliphatic carboxylic acids is 1. The molecular weight excluding hydrogens is 208 g/mol. The Labute approximate surface area is 94.5 Å². The molecule has 0 aliphatic carbocycles. The van der Waals surface area contributed by atoms with E-state index in [2.05, 4.69) is 6.92 Å². The van der Waals surface area contributed by atoms with Gasteiger partial charge in [-0.25, -0.2) is 4.79 Å². The highest BCUT2D eigenvalue weighted by atomic mass is 28.2. The molecule has 0 fully saturated rings. The van der Waals surface area contributed by atoms with Crippen molar-refractivity contribution in [3.63, 3.8) is 0 Å². The molecule has 0 amide bonds. The largest absolute Gasteiger partial charge is 0.478 e. The van der Waals surface area contributed by atoms with Crippen LogP contribution in [0.1, 0.15) is 39.5 Å². The van der Waals surface area contributed by atoms with Crippen LogP contribution in [0.3, 0.4) is 0 Å². The van der Waals surface area contributed by atoms with Crippen LogP contribution in [0.4, 0.5) is 0 Å². The lowest BCUT2D eigenvalue weighted by Gasteiger charge is -2.12. The Balaban J connectivity index is 3.88. The van der Waals surface area contributed by atoms with Gasteiger partial charge in [0.25, 0.3) is 0 Å². The Morgan fingerprint density at radius 1 is 1.53 bits per heavy atom. The first-order valence-corrected chi connectivity index (χ1v) is 6.90. The van der Waals surface area contributed by atoms with Gasteiger partial charge in [0.1, 0.15) is 0 Å². The Hall–Kier alpha value is -0.613. The van der Waals surface area contributed by atoms with Gasteiger partial charge in [0, 0.05) is 12.7 Å². The van der Waals surface area contributed by atoms with E-state index in [1.165, 1.54) is 12.8 Å². The quantitative estimate of drug-likeness (QED) is 0.513. The maximum Gasteiger partial charge on any atom is 0.330 e. The second-order valence-electron chi connectivity index (χ2n) is 3.88. The lowest BCUT2D eigenvalue weighted by atomic mass is 10.1. The fraction of sp³-hybridized carbons (Fsp3) is 0.727. The zero-order valence-corrected chi connectivity index (χ0v) is 11.4. The van der Waals surface area contributed by atoms with E-state index < -0.39 is 15.7 Å². The third kappa shape index (κ3) is 7.33. The first-order chi connectivity index (χ1) is 7.11. The summed E-state index contributed by atoms with van der Waals surface area (Å²) in [5, 5.41) is 8.67. The smallest absolute Gasteiger partial charge is 0.330 e. The summed E-state index contributed by atoms with van der Waals surface area (Å²) in [7, 11) is 1.35. The van der Waals surface area contributed by atoms with Gasteiger partial charge in [0.15, 0.2) is 9.76 Å². The predicted molar refractivity (Wildman–Crippen MR) is 64.8 cm³/mol. The lowest BCUT2D eigenvalue weighted by molar-refractivity contribution is -0.132. The molecule has 4 heteroatoms. The zero-order valence-electron chi connectivity index (χ0n) is 9.95. The van der Waals surface area contributed by atoms with Crippen molar-refractivity contribution in [3.8, 4) is 0 Å². The second kappa shape index (κ2) is 8.68. The topological polar surface area (TPSA) is 46.5 Å². The fourth-order valence-corrected chi connectivity index (χ4v) is 3.03. The SMILES string of the molecule is CCCC(CC/C=C(\C)C(=O)O)[SiH2]OC. The first kappa shape index (κ1) is 14.4. The summed E-state index contributed by atoms with van der Waals surface area (Å²) in [4.78, 5) is 10.5. The molecule has 0 radical (unpaired) electrons. The first-order valence-electron chi connectivity index (χ1n) is 5.50. The molecule has 15 heavy (non-hydrogen) atoms. The van der Waals surface area contributed by atoms with Crippen molar-refractivity contribution >= 4 is 15.7 Å². The molecule has 0 saturated heterocycles. The summed E-state index contributed by atoms with van der Waals surface area (Å²) in [6.07, 6.45) is 6.13. The number of carboxylic acid groups (broad SMARTS) is 1. The van der Waals surface area contributed by atoms with Gasteiger partial charge in [0.05, 0.1) is 0 Å². The van der Waals surface area contributed by atoms with Gasteiger partial charge >= 0.3 is 5.97 Å². The minimum Gasteiger partial charge on any atom is -0.478 e. The van der Waals surface area contributed by atoms with Gasteiger partial charge in [0.2, 0.25) is 0 Å². The molecule has 0 aromatic carbocycles. The normalized spacial score (nSPS) is 14.7. The third-order valence-electron chi connectivity index (χ3n) is 2.46. The van der Waals surface area contributed by atoms with Crippen LogP contribution >= 0.6 is 0 Å². The average Bonchev–Trinajstić information content (AvgIpc) is 2.18. The zero-order chi connectivity index (χ0) is 11.7. The van der Waals surface area contributed by atoms with Crippen molar-refractivity contribution in [2.24, 2.45) is 0 Å². The van der Waals surface area contributed by atoms with Crippen molar-refractivity contribution in [1.82, 2.24) is 0 Å². The highest BCUT2D eigenvalue weighted by Crippen LogP contribution is 2.19. The van der Waals surface area contributed by atoms with Crippen LogP contribution in [0.5, 0.6) is 0 Å². The molecule has 0 heterocycles. The van der Waals surface area contributed by atoms with Crippen LogP contribution in [-0.4, -0.2) is 27.9 Å². The summed E-state index contributed by atoms with van der Waals surface area (Å²) in [6, 6.07) is 0. The van der Waals surface area contributed by atoms with Crippen molar-refractivity contribution < 1.29 is 14.3 Å². The van der Waals surface area contributed by atoms with Gasteiger partial charge in [-0.1, -0.05) is 25.8 Å². The Morgan fingerprint density at radius 2 is 2.20 bits per heavy atom. The molecule has 1 unspecified atom stereocenters. The van der Waals surface area contributed by atoms with E-state index in [-0.39, 0.29) is 0 Å². The van der Waals surface area contributed by atoms with E-state index >= 15 is 0 Å². The molecule has 1 N–H and O–H groups in total. The van der Waals surface area contributed by atoms with Gasteiger partial charge in [-0.3, -0.25) is 0 Å². The van der Waals surface area contributed by atoms with Crippen molar-refractivity contribution in [3.05, 3.63) is 11.6 Å². The van der Waals surface area contributed by atoms with Crippen LogP contribution in [0.25, 0.3) is 0 Å².